The van der Waals surface area contributed by atoms with Gasteiger partial charge in [-0.3, -0.25) is 0 Å². The molecule has 0 radical (unpaired) electrons. The van der Waals surface area contributed by atoms with Crippen molar-refractivity contribution >= 4 is 11.7 Å². The first-order chi connectivity index (χ1) is 9.66. The first-order valence-corrected chi connectivity index (χ1v) is 7.05. The molecule has 1 aromatic carbocycles. The van der Waals surface area contributed by atoms with Crippen LogP contribution in [0.1, 0.15) is 18.4 Å². The summed E-state index contributed by atoms with van der Waals surface area (Å²) in [6.45, 7) is 10.6. The normalized spacial score (nSPS) is 15.1. The van der Waals surface area contributed by atoms with Crippen LogP contribution in [0.25, 0.3) is 0 Å². The summed E-state index contributed by atoms with van der Waals surface area (Å²) in [5, 5.41) is 5.39. The molecule has 5 heteroatoms. The monoisotopic (exact) mass is 457 g/mol. The molecule has 0 saturated carbocycles. The molecule has 0 unspecified atom stereocenters. The molecule has 0 atom stereocenters. The van der Waals surface area contributed by atoms with Gasteiger partial charge in [-0.2, -0.15) is 12.8 Å². The fourth-order valence-electron chi connectivity index (χ4n) is 2.88. The van der Waals surface area contributed by atoms with Gasteiger partial charge < -0.3 is 29.4 Å². The number of nitrogens with one attached hydrogen (secondary N) is 2. The number of urea groups is 1. The Labute approximate surface area is 141 Å². The van der Waals surface area contributed by atoms with Crippen LogP contribution in [-0.2, 0) is 26.5 Å². The summed E-state index contributed by atoms with van der Waals surface area (Å²) < 4.78 is 0. The van der Waals surface area contributed by atoms with Crippen LogP contribution in [0.15, 0.2) is 24.3 Å². The summed E-state index contributed by atoms with van der Waals surface area (Å²) >= 11 is 0. The Balaban J connectivity index is 0.00000220. The third kappa shape index (κ3) is 3.60. The number of hydrogen-bond acceptors (Lipinski definition) is 2. The van der Waals surface area contributed by atoms with Gasteiger partial charge in [0.25, 0.3) is 0 Å². The van der Waals surface area contributed by atoms with E-state index >= 15 is 0 Å². The minimum absolute atomic E-state index is 0. The van der Waals surface area contributed by atoms with Gasteiger partial charge in [-0.15, -0.1) is 0 Å². The van der Waals surface area contributed by atoms with E-state index in [4.69, 9.17) is 0 Å². The maximum Gasteiger partial charge on any atom is 2.00 e. The van der Waals surface area contributed by atoms with Gasteiger partial charge in [-0.05, 0) is 17.0 Å². The van der Waals surface area contributed by atoms with Crippen molar-refractivity contribution in [1.29, 1.82) is 0 Å². The molecule has 21 heavy (non-hydrogen) atoms. The molecule has 0 saturated heterocycles. The molecule has 0 aliphatic carbocycles. The number of carbonyl (C=O) groups excluding carboxylic acids is 1. The van der Waals surface area contributed by atoms with Gasteiger partial charge in [-0.1, -0.05) is 18.2 Å². The maximum atomic E-state index is 11.2. The minimum atomic E-state index is -0.141. The second-order valence-electron chi connectivity index (χ2n) is 5.22. The zero-order valence-electron chi connectivity index (χ0n) is 12.5. The van der Waals surface area contributed by atoms with Gasteiger partial charge >= 0.3 is 27.1 Å². The van der Waals surface area contributed by atoms with Crippen molar-refractivity contribution in [2.24, 2.45) is 0 Å². The van der Waals surface area contributed by atoms with E-state index in [-0.39, 0.29) is 32.5 Å². The Morgan fingerprint density at radius 2 is 2.00 bits per heavy atom. The number of hydrogen-bond donors (Lipinski definition) is 2. The molecular formula is C16H23N3OW. The Morgan fingerprint density at radius 3 is 2.62 bits per heavy atom. The van der Waals surface area contributed by atoms with Crippen LogP contribution in [0, 0.1) is 13.8 Å². The molecule has 0 fully saturated rings. The SMILES string of the molecule is [CH2-]CC1(C[CH2-])CN(CCNC(=O)NC)c2ccccc21.[W+2]. The molecule has 2 amide bonds. The zero-order valence-corrected chi connectivity index (χ0v) is 15.5. The van der Waals surface area contributed by atoms with Gasteiger partial charge in [0.2, 0.25) is 0 Å². The van der Waals surface area contributed by atoms with Crippen molar-refractivity contribution in [2.45, 2.75) is 18.3 Å². The van der Waals surface area contributed by atoms with E-state index in [0.29, 0.717) is 6.54 Å². The molecule has 0 aromatic heterocycles. The number of amides is 2. The molecule has 1 aromatic rings. The van der Waals surface area contributed by atoms with Crippen molar-refractivity contribution in [2.75, 3.05) is 31.6 Å². The summed E-state index contributed by atoms with van der Waals surface area (Å²) in [6.07, 6.45) is 1.68. The third-order valence-electron chi connectivity index (χ3n) is 4.16. The van der Waals surface area contributed by atoms with Crippen molar-refractivity contribution in [1.82, 2.24) is 10.6 Å². The van der Waals surface area contributed by atoms with E-state index < -0.39 is 0 Å². The Kier molecular flexibility index (Phi) is 6.73. The van der Waals surface area contributed by atoms with Crippen LogP contribution in [0.4, 0.5) is 10.5 Å². The van der Waals surface area contributed by atoms with E-state index in [9.17, 15) is 4.79 Å². The molecule has 1 aliphatic rings. The molecule has 2 rings (SSSR count). The standard InChI is InChI=1S/C16H23N3O.W/c1-4-16(5-2)12-19(11-10-18-15(20)17-3)14-9-7-6-8-13(14)16;/h6-9H,1-2,4-5,10-12H2,3H3,(H2,17,18,20);/q-2;+2. The first-order valence-electron chi connectivity index (χ1n) is 7.05. The minimum Gasteiger partial charge on any atom is -0.369 e. The van der Waals surface area contributed by atoms with Gasteiger partial charge in [-0.25, -0.2) is 4.79 Å². The van der Waals surface area contributed by atoms with E-state index in [2.05, 4.69) is 53.6 Å². The van der Waals surface area contributed by atoms with Crippen LogP contribution in [0.3, 0.4) is 0 Å². The fraction of sp³-hybridized carbons (Fsp3) is 0.438. The van der Waals surface area contributed by atoms with Crippen LogP contribution in [0.5, 0.6) is 0 Å². The van der Waals surface area contributed by atoms with Crippen molar-refractivity contribution in [3.63, 3.8) is 0 Å². The second-order valence-corrected chi connectivity index (χ2v) is 5.22. The Hall–Kier alpha value is -1.02. The molecule has 1 aliphatic heterocycles. The largest absolute Gasteiger partial charge is 2.00 e. The maximum absolute atomic E-state index is 11.2. The number of para-hydroxylation sites is 1. The number of anilines is 1. The molecule has 0 bridgehead atoms. The molecule has 1 heterocycles. The van der Waals surface area contributed by atoms with Crippen LogP contribution < -0.4 is 15.5 Å². The van der Waals surface area contributed by atoms with Gasteiger partial charge in [0.1, 0.15) is 0 Å². The van der Waals surface area contributed by atoms with Gasteiger partial charge in [0, 0.05) is 32.4 Å². The summed E-state index contributed by atoms with van der Waals surface area (Å²) in [6, 6.07) is 8.31. The van der Waals surface area contributed by atoms with Gasteiger partial charge in [0.05, 0.1) is 0 Å². The zero-order chi connectivity index (χ0) is 14.6. The van der Waals surface area contributed by atoms with Crippen LogP contribution in [0.2, 0.25) is 0 Å². The van der Waals surface area contributed by atoms with E-state index in [0.717, 1.165) is 25.9 Å². The number of nitrogens with zero attached hydrogens (tertiary/aromatic N) is 1. The first kappa shape index (κ1) is 18.0. The van der Waals surface area contributed by atoms with Crippen molar-refractivity contribution in [3.8, 4) is 0 Å². The molecule has 114 valence electrons. The number of carbonyl (C=O) groups is 1. The van der Waals surface area contributed by atoms with E-state index in [1.807, 2.05) is 0 Å². The summed E-state index contributed by atoms with van der Waals surface area (Å²) in [7, 11) is 1.62. The van der Waals surface area contributed by atoms with E-state index in [1.54, 1.807) is 7.05 Å². The molecule has 4 nitrogen and oxygen atoms in total. The van der Waals surface area contributed by atoms with Crippen LogP contribution >= 0.6 is 0 Å². The average molecular weight is 457 g/mol. The fourth-order valence-corrected chi connectivity index (χ4v) is 2.88. The Morgan fingerprint density at radius 1 is 1.33 bits per heavy atom. The number of fused-ring (bicyclic) bond motifs is 1. The smallest absolute Gasteiger partial charge is 0.369 e. The van der Waals surface area contributed by atoms with Crippen molar-refractivity contribution in [3.05, 3.63) is 43.7 Å². The predicted octanol–water partition coefficient (Wildman–Crippen LogP) is 2.12. The van der Waals surface area contributed by atoms with E-state index in [1.165, 1.54) is 11.3 Å². The molecule has 2 N–H and O–H groups in total. The third-order valence-corrected chi connectivity index (χ3v) is 4.16. The summed E-state index contributed by atoms with van der Waals surface area (Å²) in [4.78, 5) is 13.5. The molecule has 0 spiro atoms. The van der Waals surface area contributed by atoms with Gasteiger partial charge in [0.15, 0.2) is 0 Å². The Bertz CT molecular complexity index is 474. The number of rotatable bonds is 5. The average Bonchev–Trinajstić information content (AvgIpc) is 2.82. The second kappa shape index (κ2) is 7.84. The number of benzene rings is 1. The summed E-state index contributed by atoms with van der Waals surface area (Å²) in [5.41, 5.74) is 2.63. The predicted molar refractivity (Wildman–Crippen MR) is 82.7 cm³/mol. The van der Waals surface area contributed by atoms with Crippen LogP contribution in [-0.4, -0.2) is 32.7 Å². The summed E-state index contributed by atoms with van der Waals surface area (Å²) in [5.74, 6) is 0. The molecular weight excluding hydrogens is 434 g/mol. The quantitative estimate of drug-likeness (QED) is 0.666. The topological polar surface area (TPSA) is 44.4 Å². The van der Waals surface area contributed by atoms with Crippen molar-refractivity contribution < 1.29 is 25.9 Å².